The van der Waals surface area contributed by atoms with Crippen LogP contribution in [0.4, 0.5) is 10.1 Å². The number of nitrogens with two attached hydrogens (primary N) is 1. The molecule has 3 N–H and O–H groups in total. The van der Waals surface area contributed by atoms with E-state index in [-0.39, 0.29) is 25.1 Å². The van der Waals surface area contributed by atoms with Crippen LogP contribution < -0.4 is 11.1 Å². The van der Waals surface area contributed by atoms with Crippen LogP contribution in [0.2, 0.25) is 0 Å². The highest BCUT2D eigenvalue weighted by molar-refractivity contribution is 5.89. The van der Waals surface area contributed by atoms with E-state index >= 15 is 0 Å². The molecule has 0 saturated carbocycles. The number of primary amides is 1. The fourth-order valence-corrected chi connectivity index (χ4v) is 3.10. The minimum absolute atomic E-state index is 0.110. The summed E-state index contributed by atoms with van der Waals surface area (Å²) in [5.74, 6) is -3.57. The van der Waals surface area contributed by atoms with E-state index in [9.17, 15) is 28.9 Å². The van der Waals surface area contributed by atoms with Gasteiger partial charge in [0.25, 0.3) is 5.69 Å². The highest BCUT2D eigenvalue weighted by Gasteiger charge is 2.32. The average molecular weight is 431 g/mol. The zero-order valence-corrected chi connectivity index (χ0v) is 16.7. The number of amides is 2. The minimum atomic E-state index is -1.30. The van der Waals surface area contributed by atoms with Crippen LogP contribution in [-0.4, -0.2) is 35.4 Å². The third-order valence-corrected chi connectivity index (χ3v) is 4.50. The van der Waals surface area contributed by atoms with E-state index < -0.39 is 40.5 Å². The molecule has 2 aromatic carbocycles. The Balaban J connectivity index is 2.29. The lowest BCUT2D eigenvalue weighted by atomic mass is 9.87. The maximum absolute atomic E-state index is 13.4. The normalized spacial score (nSPS) is 12.5. The van der Waals surface area contributed by atoms with Crippen molar-refractivity contribution in [1.29, 1.82) is 0 Å². The van der Waals surface area contributed by atoms with Crippen molar-refractivity contribution in [2.75, 3.05) is 6.61 Å². The number of hydrogen-bond donors (Lipinski definition) is 2. The van der Waals surface area contributed by atoms with Gasteiger partial charge in [-0.1, -0.05) is 24.3 Å². The Labute approximate surface area is 177 Å². The first-order valence-electron chi connectivity index (χ1n) is 9.44. The predicted molar refractivity (Wildman–Crippen MR) is 108 cm³/mol. The van der Waals surface area contributed by atoms with E-state index in [4.69, 9.17) is 10.5 Å². The summed E-state index contributed by atoms with van der Waals surface area (Å²) >= 11 is 0. The number of rotatable bonds is 10. The predicted octanol–water partition coefficient (Wildman–Crippen LogP) is 1.98. The molecular formula is C21H22FN3O6. The van der Waals surface area contributed by atoms with Gasteiger partial charge in [0.15, 0.2) is 0 Å². The van der Waals surface area contributed by atoms with Gasteiger partial charge in [0, 0.05) is 18.1 Å². The molecule has 0 spiro atoms. The number of halogens is 1. The second-order valence-electron chi connectivity index (χ2n) is 6.72. The smallest absolute Gasteiger partial charge is 0.306 e. The fraction of sp³-hybridized carbons (Fsp3) is 0.286. The number of nitrogens with one attached hydrogen (secondary N) is 1. The number of benzene rings is 2. The van der Waals surface area contributed by atoms with Crippen LogP contribution in [0.25, 0.3) is 0 Å². The lowest BCUT2D eigenvalue weighted by Crippen LogP contribution is -2.49. The van der Waals surface area contributed by atoms with Crippen molar-refractivity contribution in [2.45, 2.75) is 31.7 Å². The second-order valence-corrected chi connectivity index (χ2v) is 6.72. The summed E-state index contributed by atoms with van der Waals surface area (Å²) in [4.78, 5) is 47.1. The summed E-state index contributed by atoms with van der Waals surface area (Å²) in [5.41, 5.74) is 6.09. The quantitative estimate of drug-likeness (QED) is 0.335. The van der Waals surface area contributed by atoms with Crippen LogP contribution in [0.15, 0.2) is 48.5 Å². The monoisotopic (exact) mass is 431 g/mol. The molecule has 0 aromatic heterocycles. The molecule has 0 aliphatic rings. The summed E-state index contributed by atoms with van der Waals surface area (Å²) in [6, 6.07) is 9.33. The molecular weight excluding hydrogens is 409 g/mol. The Morgan fingerprint density at radius 1 is 1.19 bits per heavy atom. The van der Waals surface area contributed by atoms with Gasteiger partial charge in [-0.15, -0.1) is 0 Å². The Morgan fingerprint density at radius 2 is 1.87 bits per heavy atom. The van der Waals surface area contributed by atoms with Crippen LogP contribution in [0.3, 0.4) is 0 Å². The largest absolute Gasteiger partial charge is 0.466 e. The molecule has 31 heavy (non-hydrogen) atoms. The molecule has 0 aliphatic carbocycles. The molecule has 10 heteroatoms. The van der Waals surface area contributed by atoms with Crippen LogP contribution in [0.5, 0.6) is 0 Å². The van der Waals surface area contributed by atoms with Gasteiger partial charge in [0.05, 0.1) is 24.4 Å². The zero-order valence-electron chi connectivity index (χ0n) is 16.7. The first-order valence-corrected chi connectivity index (χ1v) is 9.44. The number of hydrogen-bond acceptors (Lipinski definition) is 6. The van der Waals surface area contributed by atoms with E-state index in [1.54, 1.807) is 13.0 Å². The number of nitrogens with zero attached hydrogens (tertiary/aromatic N) is 1. The van der Waals surface area contributed by atoms with E-state index in [1.165, 1.54) is 42.5 Å². The molecule has 0 fully saturated rings. The van der Waals surface area contributed by atoms with Gasteiger partial charge in [-0.2, -0.15) is 0 Å². The number of non-ortho nitro benzene ring substituents is 1. The molecule has 2 rings (SSSR count). The number of ether oxygens (including phenoxy) is 1. The molecule has 164 valence electrons. The van der Waals surface area contributed by atoms with E-state index in [0.717, 1.165) is 0 Å². The van der Waals surface area contributed by atoms with E-state index in [0.29, 0.717) is 11.1 Å². The van der Waals surface area contributed by atoms with E-state index in [2.05, 4.69) is 5.32 Å². The molecule has 0 radical (unpaired) electrons. The fourth-order valence-electron chi connectivity index (χ4n) is 3.10. The number of nitro benzene ring substituents is 1. The van der Waals surface area contributed by atoms with Gasteiger partial charge in [-0.3, -0.25) is 24.5 Å². The minimum Gasteiger partial charge on any atom is -0.466 e. The Hall–Kier alpha value is -3.82. The summed E-state index contributed by atoms with van der Waals surface area (Å²) in [6.45, 7) is 1.73. The van der Waals surface area contributed by atoms with Gasteiger partial charge >= 0.3 is 5.97 Å². The second kappa shape index (κ2) is 10.8. The van der Waals surface area contributed by atoms with Gasteiger partial charge in [-0.05, 0) is 30.2 Å². The van der Waals surface area contributed by atoms with Crippen molar-refractivity contribution < 1.29 is 28.4 Å². The van der Waals surface area contributed by atoms with Crippen molar-refractivity contribution in [3.05, 3.63) is 75.6 Å². The van der Waals surface area contributed by atoms with Crippen molar-refractivity contribution >= 4 is 23.5 Å². The molecule has 2 amide bonds. The lowest BCUT2D eigenvalue weighted by molar-refractivity contribution is -0.384. The van der Waals surface area contributed by atoms with Crippen molar-refractivity contribution in [3.8, 4) is 0 Å². The molecule has 2 atom stereocenters. The summed E-state index contributed by atoms with van der Waals surface area (Å²) < 4.78 is 18.3. The van der Waals surface area contributed by atoms with Crippen LogP contribution >= 0.6 is 0 Å². The van der Waals surface area contributed by atoms with Crippen molar-refractivity contribution in [3.63, 3.8) is 0 Å². The molecule has 0 saturated heterocycles. The van der Waals surface area contributed by atoms with Crippen LogP contribution in [0.1, 0.15) is 30.4 Å². The Bertz CT molecular complexity index is 964. The first-order chi connectivity index (χ1) is 14.7. The third kappa shape index (κ3) is 6.88. The van der Waals surface area contributed by atoms with Crippen molar-refractivity contribution in [2.24, 2.45) is 5.73 Å². The Kier molecular flexibility index (Phi) is 8.18. The number of carbonyl (C=O) groups excluding carboxylic acids is 3. The maximum atomic E-state index is 13.4. The highest BCUT2D eigenvalue weighted by Crippen LogP contribution is 2.26. The molecule has 9 nitrogen and oxygen atoms in total. The van der Waals surface area contributed by atoms with Gasteiger partial charge in [0.1, 0.15) is 11.9 Å². The molecule has 0 unspecified atom stereocenters. The number of carbonyl (C=O) groups is 3. The van der Waals surface area contributed by atoms with Gasteiger partial charge in [0.2, 0.25) is 11.8 Å². The summed E-state index contributed by atoms with van der Waals surface area (Å²) in [5, 5.41) is 13.4. The summed E-state index contributed by atoms with van der Waals surface area (Å²) in [6.07, 6.45) is -0.507. The number of nitro groups is 1. The van der Waals surface area contributed by atoms with Crippen LogP contribution in [-0.2, 0) is 25.5 Å². The molecule has 0 heterocycles. The van der Waals surface area contributed by atoms with E-state index in [1.807, 2.05) is 0 Å². The topological polar surface area (TPSA) is 142 Å². The van der Waals surface area contributed by atoms with Crippen LogP contribution in [0, 0.1) is 15.9 Å². The highest BCUT2D eigenvalue weighted by atomic mass is 19.1. The lowest BCUT2D eigenvalue weighted by Gasteiger charge is -2.25. The molecule has 2 aromatic rings. The maximum Gasteiger partial charge on any atom is 0.306 e. The number of esters is 1. The zero-order chi connectivity index (χ0) is 23.0. The van der Waals surface area contributed by atoms with Gasteiger partial charge in [-0.25, -0.2) is 4.39 Å². The average Bonchev–Trinajstić information content (AvgIpc) is 2.70. The molecule has 0 aliphatic heterocycles. The standard InChI is InChI=1S/C21H22FN3O6/c1-2-31-19(27)12-17(14-6-8-16(9-7-14)25(29)30)20(21(23)28)24-18(26)11-13-4-3-5-15(22)10-13/h3-10,17,20H,2,11-12H2,1H3,(H2,23,28)(H,24,26)/t17-,20-/m1/s1. The third-order valence-electron chi connectivity index (χ3n) is 4.50. The molecule has 0 bridgehead atoms. The Morgan fingerprint density at radius 3 is 2.42 bits per heavy atom. The first kappa shape index (κ1) is 23.5. The summed E-state index contributed by atoms with van der Waals surface area (Å²) in [7, 11) is 0. The van der Waals surface area contributed by atoms with Crippen molar-refractivity contribution in [1.82, 2.24) is 5.32 Å². The van der Waals surface area contributed by atoms with Gasteiger partial charge < -0.3 is 15.8 Å². The SMILES string of the molecule is CCOC(=O)C[C@H](c1ccc([N+](=O)[O-])cc1)[C@@H](NC(=O)Cc1cccc(F)c1)C(N)=O.